The van der Waals surface area contributed by atoms with E-state index in [1.54, 1.807) is 4.90 Å². The van der Waals surface area contributed by atoms with Crippen molar-refractivity contribution in [1.82, 2.24) is 14.7 Å². The molecule has 4 aliphatic rings. The van der Waals surface area contributed by atoms with Crippen LogP contribution in [-0.4, -0.2) is 75.6 Å². The number of hydrogen-bond acceptors (Lipinski definition) is 3. The van der Waals surface area contributed by atoms with Crippen LogP contribution in [0.25, 0.3) is 0 Å². The van der Waals surface area contributed by atoms with Crippen molar-refractivity contribution in [1.29, 1.82) is 0 Å². The summed E-state index contributed by atoms with van der Waals surface area (Å²) in [5.74, 6) is 1.02. The molecule has 0 aromatic heterocycles. The second-order valence-electron chi connectivity index (χ2n) is 9.10. The van der Waals surface area contributed by atoms with Crippen LogP contribution in [0, 0.1) is 5.92 Å². The average molecular weight is 364 g/mol. The van der Waals surface area contributed by atoms with E-state index in [2.05, 4.69) is 16.7 Å². The van der Waals surface area contributed by atoms with Gasteiger partial charge in [0.1, 0.15) is 0 Å². The summed E-state index contributed by atoms with van der Waals surface area (Å²) < 4.78 is 0. The Morgan fingerprint density at radius 3 is 2.35 bits per heavy atom. The van der Waals surface area contributed by atoms with Gasteiger partial charge in [-0.15, -0.1) is 0 Å². The molecule has 1 saturated carbocycles. The predicted octanol–water partition coefficient (Wildman–Crippen LogP) is 2.77. The van der Waals surface area contributed by atoms with Gasteiger partial charge < -0.3 is 14.9 Å². The number of likely N-dealkylation sites (tertiary alicyclic amines) is 3. The molecule has 6 nitrogen and oxygen atoms in total. The highest BCUT2D eigenvalue weighted by molar-refractivity contribution is 5.79. The monoisotopic (exact) mass is 363 g/mol. The van der Waals surface area contributed by atoms with E-state index in [-0.39, 0.29) is 5.54 Å². The molecule has 3 saturated heterocycles. The summed E-state index contributed by atoms with van der Waals surface area (Å²) in [6.45, 7) is 5.65. The molecule has 0 bridgehead atoms. The number of hydrogen-bond donors (Lipinski definition) is 1. The average Bonchev–Trinajstić information content (AvgIpc) is 2.98. The van der Waals surface area contributed by atoms with Crippen molar-refractivity contribution in [3.8, 4) is 0 Å². The molecule has 2 amide bonds. The minimum absolute atomic E-state index is 0.110. The zero-order valence-electron chi connectivity index (χ0n) is 16.0. The van der Waals surface area contributed by atoms with Crippen LogP contribution in [0.5, 0.6) is 0 Å². The van der Waals surface area contributed by atoms with Gasteiger partial charge in [-0.3, -0.25) is 9.69 Å². The number of carbonyl (C=O) groups excluding carboxylic acids is 1. The topological polar surface area (TPSA) is 64.1 Å². The zero-order chi connectivity index (χ0) is 18.3. The molecule has 1 N–H and O–H groups in total. The van der Waals surface area contributed by atoms with Gasteiger partial charge in [-0.2, -0.15) is 0 Å². The molecule has 0 radical (unpaired) electrons. The third-order valence-corrected chi connectivity index (χ3v) is 7.68. The largest absolute Gasteiger partial charge is 0.465 e. The zero-order valence-corrected chi connectivity index (χ0v) is 16.0. The van der Waals surface area contributed by atoms with Crippen molar-refractivity contribution in [2.45, 2.75) is 82.3 Å². The Hall–Kier alpha value is -1.30. The van der Waals surface area contributed by atoms with Gasteiger partial charge in [-0.05, 0) is 51.4 Å². The van der Waals surface area contributed by atoms with Crippen molar-refractivity contribution in [3.63, 3.8) is 0 Å². The highest BCUT2D eigenvalue weighted by Gasteiger charge is 2.46. The molecule has 26 heavy (non-hydrogen) atoms. The number of carbonyl (C=O) groups is 2. The summed E-state index contributed by atoms with van der Waals surface area (Å²) in [7, 11) is 0. The van der Waals surface area contributed by atoms with E-state index >= 15 is 0 Å². The second-order valence-corrected chi connectivity index (χ2v) is 9.10. The Morgan fingerprint density at radius 1 is 1.04 bits per heavy atom. The molecule has 4 rings (SSSR count). The lowest BCUT2D eigenvalue weighted by molar-refractivity contribution is -0.132. The normalized spacial score (nSPS) is 33.3. The van der Waals surface area contributed by atoms with Gasteiger partial charge in [-0.25, -0.2) is 4.79 Å². The van der Waals surface area contributed by atoms with Crippen molar-refractivity contribution in [3.05, 3.63) is 0 Å². The van der Waals surface area contributed by atoms with Gasteiger partial charge in [0.2, 0.25) is 5.91 Å². The summed E-state index contributed by atoms with van der Waals surface area (Å²) in [6, 6.07) is 0.941. The first-order valence-electron chi connectivity index (χ1n) is 10.5. The molecule has 1 aliphatic carbocycles. The van der Waals surface area contributed by atoms with Gasteiger partial charge in [-0.1, -0.05) is 12.8 Å². The van der Waals surface area contributed by atoms with Crippen molar-refractivity contribution < 1.29 is 14.7 Å². The van der Waals surface area contributed by atoms with Crippen molar-refractivity contribution in [2.75, 3.05) is 26.2 Å². The molecule has 0 aromatic carbocycles. The summed E-state index contributed by atoms with van der Waals surface area (Å²) >= 11 is 0. The van der Waals surface area contributed by atoms with Gasteiger partial charge in [0.15, 0.2) is 0 Å². The lowest BCUT2D eigenvalue weighted by atomic mass is 9.83. The number of carboxylic acid groups (broad SMARTS) is 1. The fraction of sp³-hybridized carbons (Fsp3) is 0.900. The number of fused-ring (bicyclic) bond motifs is 1. The van der Waals surface area contributed by atoms with E-state index in [0.717, 1.165) is 45.2 Å². The van der Waals surface area contributed by atoms with Crippen LogP contribution in [0.4, 0.5) is 4.79 Å². The van der Waals surface area contributed by atoms with Crippen LogP contribution >= 0.6 is 0 Å². The standard InChI is InChI=1S/C20H33N3O3/c1-20(8-12-21(13-9-20)19(25)26)22-10-6-16(7-11-22)23-17-5-3-2-4-15(17)14-18(23)24/h15-17H,2-14H2,1H3,(H,25,26)/t15?,17-/m0/s1. The highest BCUT2D eigenvalue weighted by atomic mass is 16.4. The molecule has 3 heterocycles. The SMILES string of the molecule is CC1(N2CCC(N3C(=O)CC4CCCC[C@@H]43)CC2)CCN(C(=O)O)CC1. The van der Waals surface area contributed by atoms with Crippen LogP contribution in [-0.2, 0) is 4.79 Å². The molecule has 146 valence electrons. The number of amides is 2. The lowest BCUT2D eigenvalue weighted by Gasteiger charge is -2.50. The third-order valence-electron chi connectivity index (χ3n) is 7.68. The first-order valence-corrected chi connectivity index (χ1v) is 10.5. The van der Waals surface area contributed by atoms with E-state index in [0.29, 0.717) is 37.0 Å². The number of rotatable bonds is 2. The fourth-order valence-corrected chi connectivity index (χ4v) is 5.96. The maximum atomic E-state index is 12.6. The summed E-state index contributed by atoms with van der Waals surface area (Å²) in [4.78, 5) is 30.2. The molecular weight excluding hydrogens is 330 g/mol. The van der Waals surface area contributed by atoms with Gasteiger partial charge in [0.05, 0.1) is 0 Å². The molecule has 4 fully saturated rings. The van der Waals surface area contributed by atoms with Crippen molar-refractivity contribution in [2.24, 2.45) is 5.92 Å². The molecular formula is C20H33N3O3. The van der Waals surface area contributed by atoms with E-state index in [9.17, 15) is 9.59 Å². The van der Waals surface area contributed by atoms with Crippen LogP contribution in [0.3, 0.4) is 0 Å². The molecule has 1 unspecified atom stereocenters. The van der Waals surface area contributed by atoms with Gasteiger partial charge >= 0.3 is 6.09 Å². The first kappa shape index (κ1) is 18.1. The summed E-state index contributed by atoms with van der Waals surface area (Å²) in [5, 5.41) is 9.17. The lowest BCUT2D eigenvalue weighted by Crippen LogP contribution is -2.58. The Morgan fingerprint density at radius 2 is 1.69 bits per heavy atom. The number of piperidine rings is 2. The predicted molar refractivity (Wildman–Crippen MR) is 99.0 cm³/mol. The number of nitrogens with zero attached hydrogens (tertiary/aromatic N) is 3. The van der Waals surface area contributed by atoms with Gasteiger partial charge in [0, 0.05) is 50.2 Å². The van der Waals surface area contributed by atoms with Crippen LogP contribution < -0.4 is 0 Å². The van der Waals surface area contributed by atoms with Crippen LogP contribution in [0.15, 0.2) is 0 Å². The summed E-state index contributed by atoms with van der Waals surface area (Å²) in [5.41, 5.74) is 0.110. The smallest absolute Gasteiger partial charge is 0.407 e. The Labute approximate surface area is 156 Å². The van der Waals surface area contributed by atoms with E-state index in [1.807, 2.05) is 0 Å². The van der Waals surface area contributed by atoms with Crippen LogP contribution in [0.2, 0.25) is 0 Å². The minimum atomic E-state index is -0.791. The van der Waals surface area contributed by atoms with E-state index in [4.69, 9.17) is 5.11 Å². The molecule has 3 aliphatic heterocycles. The van der Waals surface area contributed by atoms with Gasteiger partial charge in [0.25, 0.3) is 0 Å². The Balaban J connectivity index is 1.34. The highest BCUT2D eigenvalue weighted by Crippen LogP contribution is 2.40. The maximum absolute atomic E-state index is 12.6. The van der Waals surface area contributed by atoms with Crippen molar-refractivity contribution >= 4 is 12.0 Å². The molecule has 6 heteroatoms. The molecule has 0 aromatic rings. The first-order chi connectivity index (χ1) is 12.5. The van der Waals surface area contributed by atoms with Crippen LogP contribution in [0.1, 0.15) is 64.7 Å². The second kappa shape index (κ2) is 7.02. The Kier molecular flexibility index (Phi) is 4.88. The Bertz CT molecular complexity index is 551. The van der Waals surface area contributed by atoms with E-state index in [1.165, 1.54) is 25.7 Å². The molecule has 2 atom stereocenters. The third kappa shape index (κ3) is 3.21. The fourth-order valence-electron chi connectivity index (χ4n) is 5.96. The maximum Gasteiger partial charge on any atom is 0.407 e. The quantitative estimate of drug-likeness (QED) is 0.819. The van der Waals surface area contributed by atoms with E-state index < -0.39 is 6.09 Å². The summed E-state index contributed by atoms with van der Waals surface area (Å²) in [6.07, 6.45) is 9.00. The molecule has 0 spiro atoms. The minimum Gasteiger partial charge on any atom is -0.465 e.